The van der Waals surface area contributed by atoms with Crippen molar-refractivity contribution in [2.45, 2.75) is 57.6 Å². The van der Waals surface area contributed by atoms with E-state index in [9.17, 15) is 9.90 Å². The van der Waals surface area contributed by atoms with Gasteiger partial charge in [0.2, 0.25) is 5.13 Å². The summed E-state index contributed by atoms with van der Waals surface area (Å²) >= 11 is 1.46. The smallest absolute Gasteiger partial charge is 0.328 e. The van der Waals surface area contributed by atoms with Gasteiger partial charge in [0.05, 0.1) is 6.54 Å². The highest BCUT2D eigenvalue weighted by atomic mass is 32.1. The van der Waals surface area contributed by atoms with Gasteiger partial charge >= 0.3 is 6.03 Å². The van der Waals surface area contributed by atoms with Gasteiger partial charge < -0.3 is 10.0 Å². The van der Waals surface area contributed by atoms with Crippen LogP contribution in [0.15, 0.2) is 0 Å². The minimum Gasteiger partial charge on any atom is -0.371 e. The summed E-state index contributed by atoms with van der Waals surface area (Å²) in [7, 11) is 0. The summed E-state index contributed by atoms with van der Waals surface area (Å²) in [5.74, 6) is 0.478. The molecule has 2 amide bonds. The highest BCUT2D eigenvalue weighted by molar-refractivity contribution is 7.15. The topological polar surface area (TPSA) is 69.6 Å². The normalized spacial score (nSPS) is 24.1. The predicted octanol–water partition coefficient (Wildman–Crippen LogP) is 2.56. The van der Waals surface area contributed by atoms with Crippen LogP contribution < -0.4 is 4.90 Å². The zero-order chi connectivity index (χ0) is 14.8. The number of aliphatic hydroxyl groups is 1. The third-order valence-corrected chi connectivity index (χ3v) is 5.33. The van der Waals surface area contributed by atoms with Crippen molar-refractivity contribution >= 4 is 22.5 Å². The van der Waals surface area contributed by atoms with Crippen molar-refractivity contribution in [2.75, 3.05) is 18.0 Å². The molecule has 1 saturated carbocycles. The number of rotatable bonds is 4. The molecule has 116 valence electrons. The first-order chi connectivity index (χ1) is 10.2. The second kappa shape index (κ2) is 6.27. The van der Waals surface area contributed by atoms with E-state index in [2.05, 4.69) is 10.2 Å². The van der Waals surface area contributed by atoms with Gasteiger partial charge in [-0.2, -0.15) is 0 Å². The van der Waals surface area contributed by atoms with E-state index in [1.807, 2.05) is 6.92 Å². The summed E-state index contributed by atoms with van der Waals surface area (Å²) in [6.45, 7) is 3.04. The molecule has 1 N–H and O–H groups in total. The summed E-state index contributed by atoms with van der Waals surface area (Å²) in [5, 5.41) is 20.1. The third kappa shape index (κ3) is 2.89. The fourth-order valence-electron chi connectivity index (χ4n) is 3.14. The van der Waals surface area contributed by atoms with Gasteiger partial charge in [-0.15, -0.1) is 10.2 Å². The average Bonchev–Trinajstić information content (AvgIpc) is 3.06. The Balaban J connectivity index is 1.74. The number of hydrogen-bond donors (Lipinski definition) is 1. The average molecular weight is 310 g/mol. The molecule has 2 heterocycles. The summed E-state index contributed by atoms with van der Waals surface area (Å²) in [5.41, 5.74) is 0. The molecule has 0 aromatic carbocycles. The van der Waals surface area contributed by atoms with Crippen LogP contribution in [0.25, 0.3) is 0 Å². The first kappa shape index (κ1) is 14.7. The van der Waals surface area contributed by atoms with Crippen LogP contribution in [-0.2, 0) is 0 Å². The van der Waals surface area contributed by atoms with Gasteiger partial charge in [0.15, 0.2) is 6.23 Å². The molecule has 0 radical (unpaired) electrons. The van der Waals surface area contributed by atoms with Crippen LogP contribution >= 0.6 is 11.3 Å². The molecule has 2 fully saturated rings. The Morgan fingerprint density at radius 1 is 1.29 bits per heavy atom. The van der Waals surface area contributed by atoms with Crippen molar-refractivity contribution in [1.82, 2.24) is 15.1 Å². The molecule has 7 heteroatoms. The largest absolute Gasteiger partial charge is 0.371 e. The van der Waals surface area contributed by atoms with Crippen LogP contribution in [0, 0.1) is 0 Å². The molecule has 1 aromatic rings. The van der Waals surface area contributed by atoms with E-state index in [1.54, 1.807) is 4.90 Å². The second-order valence-electron chi connectivity index (χ2n) is 5.84. The van der Waals surface area contributed by atoms with Crippen molar-refractivity contribution in [1.29, 1.82) is 0 Å². The fraction of sp³-hybridized carbons (Fsp3) is 0.786. The Morgan fingerprint density at radius 3 is 2.76 bits per heavy atom. The van der Waals surface area contributed by atoms with E-state index >= 15 is 0 Å². The fourth-order valence-corrected chi connectivity index (χ4v) is 4.19. The number of aromatic nitrogens is 2. The Bertz CT molecular complexity index is 501. The van der Waals surface area contributed by atoms with E-state index < -0.39 is 6.23 Å². The van der Waals surface area contributed by atoms with E-state index in [-0.39, 0.29) is 6.03 Å². The van der Waals surface area contributed by atoms with Gasteiger partial charge in [-0.1, -0.05) is 37.5 Å². The molecule has 2 aliphatic rings. The Hall–Kier alpha value is -1.21. The van der Waals surface area contributed by atoms with Crippen LogP contribution in [0.5, 0.6) is 0 Å². The highest BCUT2D eigenvalue weighted by Gasteiger charge is 2.39. The second-order valence-corrected chi connectivity index (χ2v) is 6.82. The van der Waals surface area contributed by atoms with Gasteiger partial charge in [-0.05, 0) is 19.3 Å². The molecule has 1 aliphatic carbocycles. The monoisotopic (exact) mass is 310 g/mol. The maximum atomic E-state index is 12.3. The van der Waals surface area contributed by atoms with E-state index in [4.69, 9.17) is 0 Å². The van der Waals surface area contributed by atoms with Crippen LogP contribution in [0.3, 0.4) is 0 Å². The van der Waals surface area contributed by atoms with Crippen molar-refractivity contribution in [2.24, 2.45) is 0 Å². The zero-order valence-electron chi connectivity index (χ0n) is 12.4. The quantitative estimate of drug-likeness (QED) is 0.928. The number of amides is 2. The lowest BCUT2D eigenvalue weighted by atomic mass is 9.90. The maximum Gasteiger partial charge on any atom is 0.328 e. The first-order valence-corrected chi connectivity index (χ1v) is 8.62. The summed E-state index contributed by atoms with van der Waals surface area (Å²) in [6.07, 6.45) is 6.19. The maximum absolute atomic E-state index is 12.3. The molecule has 1 saturated heterocycles. The molecule has 1 aromatic heterocycles. The van der Waals surface area contributed by atoms with Crippen molar-refractivity contribution in [3.05, 3.63) is 5.01 Å². The van der Waals surface area contributed by atoms with E-state index in [0.29, 0.717) is 24.1 Å². The lowest BCUT2D eigenvalue weighted by Crippen LogP contribution is -2.35. The van der Waals surface area contributed by atoms with Gasteiger partial charge in [0.1, 0.15) is 5.01 Å². The van der Waals surface area contributed by atoms with Crippen molar-refractivity contribution < 1.29 is 9.90 Å². The molecule has 0 bridgehead atoms. The summed E-state index contributed by atoms with van der Waals surface area (Å²) in [4.78, 5) is 15.4. The third-order valence-electron chi connectivity index (χ3n) is 4.24. The minimum absolute atomic E-state index is 0.157. The molecular weight excluding hydrogens is 288 g/mol. The molecule has 6 nitrogen and oxygen atoms in total. The summed E-state index contributed by atoms with van der Waals surface area (Å²) < 4.78 is 0. The van der Waals surface area contributed by atoms with E-state index in [1.165, 1.54) is 35.5 Å². The van der Waals surface area contributed by atoms with Crippen LogP contribution in [-0.4, -0.2) is 45.6 Å². The van der Waals surface area contributed by atoms with Gasteiger partial charge in [-0.3, -0.25) is 0 Å². The molecular formula is C14H22N4O2S. The lowest BCUT2D eigenvalue weighted by Gasteiger charge is -2.18. The van der Waals surface area contributed by atoms with Crippen LogP contribution in [0.1, 0.15) is 56.4 Å². The Labute approximate surface area is 128 Å². The molecule has 0 spiro atoms. The van der Waals surface area contributed by atoms with Crippen LogP contribution in [0.4, 0.5) is 9.93 Å². The Morgan fingerprint density at radius 2 is 2.05 bits per heavy atom. The standard InChI is InChI=1S/C14H22N4O2S/c1-2-8-17-9-11(19)18(14(17)20)13-16-15-12(21-13)10-6-4-3-5-7-10/h10-11,19H,2-9H2,1H3. The zero-order valence-corrected chi connectivity index (χ0v) is 13.2. The number of hydrogen-bond acceptors (Lipinski definition) is 5. The molecule has 21 heavy (non-hydrogen) atoms. The predicted molar refractivity (Wildman–Crippen MR) is 81.5 cm³/mol. The number of β-amino-alcohol motifs (C(OH)–C–C–N with tert-alkyl or cyclic N) is 1. The van der Waals surface area contributed by atoms with Crippen LogP contribution in [0.2, 0.25) is 0 Å². The van der Waals surface area contributed by atoms with Gasteiger partial charge in [0, 0.05) is 12.5 Å². The van der Waals surface area contributed by atoms with Crippen molar-refractivity contribution in [3.8, 4) is 0 Å². The van der Waals surface area contributed by atoms with Gasteiger partial charge in [0.25, 0.3) is 0 Å². The number of carbonyl (C=O) groups excluding carboxylic acids is 1. The summed E-state index contributed by atoms with van der Waals surface area (Å²) in [6, 6.07) is -0.157. The van der Waals surface area contributed by atoms with E-state index in [0.717, 1.165) is 24.3 Å². The molecule has 1 atom stereocenters. The first-order valence-electron chi connectivity index (χ1n) is 7.80. The number of aliphatic hydroxyl groups excluding tert-OH is 1. The molecule has 1 unspecified atom stereocenters. The SMILES string of the molecule is CCCN1CC(O)N(c2nnc(C3CCCCC3)s2)C1=O. The lowest BCUT2D eigenvalue weighted by molar-refractivity contribution is 0.177. The molecule has 3 rings (SSSR count). The number of urea groups is 1. The van der Waals surface area contributed by atoms with Gasteiger partial charge in [-0.25, -0.2) is 9.69 Å². The highest BCUT2D eigenvalue weighted by Crippen LogP contribution is 2.37. The number of anilines is 1. The van der Waals surface area contributed by atoms with Crippen molar-refractivity contribution in [3.63, 3.8) is 0 Å². The minimum atomic E-state index is -0.809. The number of carbonyl (C=O) groups is 1. The molecule has 1 aliphatic heterocycles. The number of nitrogens with zero attached hydrogens (tertiary/aromatic N) is 4. The Kier molecular flexibility index (Phi) is 4.40.